The molecule has 0 radical (unpaired) electrons. The van der Waals surface area contributed by atoms with Gasteiger partial charge < -0.3 is 15.4 Å². The van der Waals surface area contributed by atoms with Crippen LogP contribution in [-0.4, -0.2) is 30.4 Å². The molecule has 0 bridgehead atoms. The van der Waals surface area contributed by atoms with Crippen LogP contribution in [0.4, 0.5) is 5.69 Å². The van der Waals surface area contributed by atoms with E-state index < -0.39 is 16.7 Å². The number of benzene rings is 2. The highest BCUT2D eigenvalue weighted by molar-refractivity contribution is 6.05. The third-order valence-electron chi connectivity index (χ3n) is 4.00. The van der Waals surface area contributed by atoms with Gasteiger partial charge in [-0.3, -0.25) is 19.7 Å². The average molecular weight is 397 g/mol. The largest absolute Gasteiger partial charge is 0.494 e. The van der Waals surface area contributed by atoms with Gasteiger partial charge in [0.1, 0.15) is 11.4 Å². The number of amides is 2. The molecule has 0 heterocycles. The topological polar surface area (TPSA) is 111 Å². The van der Waals surface area contributed by atoms with Crippen molar-refractivity contribution in [2.75, 3.05) is 13.7 Å². The van der Waals surface area contributed by atoms with Crippen LogP contribution in [0, 0.1) is 10.1 Å². The Hall–Kier alpha value is -3.68. The van der Waals surface area contributed by atoms with Crippen LogP contribution in [-0.2, 0) is 4.79 Å². The van der Waals surface area contributed by atoms with Crippen LogP contribution in [0.25, 0.3) is 6.08 Å². The van der Waals surface area contributed by atoms with E-state index in [0.29, 0.717) is 23.5 Å². The Labute approximate surface area is 168 Å². The van der Waals surface area contributed by atoms with Gasteiger partial charge in [-0.05, 0) is 42.3 Å². The van der Waals surface area contributed by atoms with E-state index >= 15 is 0 Å². The molecule has 0 aliphatic heterocycles. The van der Waals surface area contributed by atoms with E-state index in [1.165, 1.54) is 31.3 Å². The average Bonchev–Trinajstić information content (AvgIpc) is 2.73. The Balaban J connectivity index is 2.17. The van der Waals surface area contributed by atoms with Crippen LogP contribution in [0.15, 0.2) is 54.2 Å². The highest BCUT2D eigenvalue weighted by Gasteiger charge is 2.14. The number of rotatable bonds is 9. The van der Waals surface area contributed by atoms with Crippen LogP contribution in [0.3, 0.4) is 0 Å². The summed E-state index contributed by atoms with van der Waals surface area (Å²) >= 11 is 0. The quantitative estimate of drug-likeness (QED) is 0.292. The molecule has 0 saturated heterocycles. The van der Waals surface area contributed by atoms with Gasteiger partial charge in [0.25, 0.3) is 17.5 Å². The number of carbonyl (C=O) groups is 2. The highest BCUT2D eigenvalue weighted by Crippen LogP contribution is 2.16. The smallest absolute Gasteiger partial charge is 0.270 e. The van der Waals surface area contributed by atoms with Crippen molar-refractivity contribution in [2.24, 2.45) is 0 Å². The van der Waals surface area contributed by atoms with Crippen LogP contribution in [0.5, 0.6) is 5.75 Å². The molecule has 0 unspecified atom stereocenters. The van der Waals surface area contributed by atoms with E-state index in [9.17, 15) is 19.7 Å². The molecule has 2 aromatic carbocycles. The summed E-state index contributed by atoms with van der Waals surface area (Å²) in [7, 11) is 1.43. The second-order valence-electron chi connectivity index (χ2n) is 6.17. The summed E-state index contributed by atoms with van der Waals surface area (Å²) in [6.07, 6.45) is 3.35. The van der Waals surface area contributed by atoms with E-state index in [0.717, 1.165) is 12.8 Å². The minimum absolute atomic E-state index is 0.0266. The lowest BCUT2D eigenvalue weighted by molar-refractivity contribution is -0.384. The molecular weight excluding hydrogens is 374 g/mol. The summed E-state index contributed by atoms with van der Waals surface area (Å²) in [4.78, 5) is 35.1. The first-order valence-corrected chi connectivity index (χ1v) is 9.17. The standard InChI is InChI=1S/C21H23N3O5/c1-3-4-12-29-18-10-8-16(9-11-18)20(25)23-19(21(26)22-2)14-15-6-5-7-17(13-15)24(27)28/h5-11,13-14H,3-4,12H2,1-2H3,(H,22,26)(H,23,25)/b19-14+. The van der Waals surface area contributed by atoms with Gasteiger partial charge in [0.05, 0.1) is 11.5 Å². The minimum atomic E-state index is -0.528. The fourth-order valence-electron chi connectivity index (χ4n) is 2.42. The number of likely N-dealkylation sites (N-methyl/N-ethyl adjacent to an activating group) is 1. The summed E-state index contributed by atoms with van der Waals surface area (Å²) in [5.74, 6) is -0.344. The lowest BCUT2D eigenvalue weighted by Gasteiger charge is -2.10. The van der Waals surface area contributed by atoms with Gasteiger partial charge in [0.2, 0.25) is 0 Å². The first-order chi connectivity index (χ1) is 13.9. The first kappa shape index (κ1) is 21.6. The lowest BCUT2D eigenvalue weighted by atomic mass is 10.1. The van der Waals surface area contributed by atoms with E-state index in [1.807, 2.05) is 0 Å². The number of ether oxygens (including phenoxy) is 1. The predicted octanol–water partition coefficient (Wildman–Crippen LogP) is 3.29. The van der Waals surface area contributed by atoms with E-state index in [2.05, 4.69) is 17.6 Å². The number of nitro benzene ring substituents is 1. The van der Waals surface area contributed by atoms with Crippen LogP contribution < -0.4 is 15.4 Å². The SMILES string of the molecule is CCCCOc1ccc(C(=O)N/C(=C/c2cccc([N+](=O)[O-])c2)C(=O)NC)cc1. The summed E-state index contributed by atoms with van der Waals surface area (Å²) in [6.45, 7) is 2.68. The molecule has 8 heteroatoms. The maximum absolute atomic E-state index is 12.5. The Morgan fingerprint density at radius 1 is 1.17 bits per heavy atom. The van der Waals surface area contributed by atoms with E-state index in [4.69, 9.17) is 4.74 Å². The molecule has 0 aromatic heterocycles. The number of nitrogens with one attached hydrogen (secondary N) is 2. The molecule has 2 aromatic rings. The number of carbonyl (C=O) groups excluding carboxylic acids is 2. The number of unbranched alkanes of at least 4 members (excludes halogenated alkanes) is 1. The van der Waals surface area contributed by atoms with Gasteiger partial charge in [-0.1, -0.05) is 25.5 Å². The molecule has 29 heavy (non-hydrogen) atoms. The molecule has 0 atom stereocenters. The molecule has 0 saturated carbocycles. The van der Waals surface area contributed by atoms with Crippen molar-refractivity contribution in [1.29, 1.82) is 0 Å². The minimum Gasteiger partial charge on any atom is -0.494 e. The number of hydrogen-bond donors (Lipinski definition) is 2. The Morgan fingerprint density at radius 2 is 1.90 bits per heavy atom. The zero-order valence-corrected chi connectivity index (χ0v) is 16.3. The molecule has 0 spiro atoms. The number of nitrogens with zero attached hydrogens (tertiary/aromatic N) is 1. The molecule has 0 aliphatic rings. The molecule has 152 valence electrons. The van der Waals surface area contributed by atoms with E-state index in [-0.39, 0.29) is 11.4 Å². The van der Waals surface area contributed by atoms with Gasteiger partial charge in [-0.15, -0.1) is 0 Å². The van der Waals surface area contributed by atoms with Crippen LogP contribution in [0.1, 0.15) is 35.7 Å². The highest BCUT2D eigenvalue weighted by atomic mass is 16.6. The molecule has 8 nitrogen and oxygen atoms in total. The maximum Gasteiger partial charge on any atom is 0.270 e. The van der Waals surface area contributed by atoms with Crippen LogP contribution in [0.2, 0.25) is 0 Å². The summed E-state index contributed by atoms with van der Waals surface area (Å²) in [5.41, 5.74) is 0.626. The fourth-order valence-corrected chi connectivity index (χ4v) is 2.42. The third-order valence-corrected chi connectivity index (χ3v) is 4.00. The second kappa shape index (κ2) is 10.6. The van der Waals surface area contributed by atoms with Crippen molar-refractivity contribution < 1.29 is 19.2 Å². The number of non-ortho nitro benzene ring substituents is 1. The number of nitro groups is 1. The van der Waals surface area contributed by atoms with Gasteiger partial charge in [0, 0.05) is 24.7 Å². The fraction of sp³-hybridized carbons (Fsp3) is 0.238. The molecule has 2 N–H and O–H groups in total. The van der Waals surface area contributed by atoms with Crippen molar-refractivity contribution in [1.82, 2.24) is 10.6 Å². The Bertz CT molecular complexity index is 907. The molecule has 2 rings (SSSR count). The molecule has 2 amide bonds. The van der Waals surface area contributed by atoms with E-state index in [1.54, 1.807) is 30.3 Å². The molecule has 0 aliphatic carbocycles. The monoisotopic (exact) mass is 397 g/mol. The Morgan fingerprint density at radius 3 is 2.52 bits per heavy atom. The third kappa shape index (κ3) is 6.46. The van der Waals surface area contributed by atoms with Crippen molar-refractivity contribution in [3.63, 3.8) is 0 Å². The second-order valence-corrected chi connectivity index (χ2v) is 6.17. The van der Waals surface area contributed by atoms with Gasteiger partial charge >= 0.3 is 0 Å². The first-order valence-electron chi connectivity index (χ1n) is 9.17. The van der Waals surface area contributed by atoms with Gasteiger partial charge in [-0.2, -0.15) is 0 Å². The summed E-state index contributed by atoms with van der Waals surface area (Å²) < 4.78 is 5.57. The maximum atomic E-state index is 12.5. The Kier molecular flexibility index (Phi) is 7.90. The number of hydrogen-bond acceptors (Lipinski definition) is 5. The zero-order valence-electron chi connectivity index (χ0n) is 16.3. The van der Waals surface area contributed by atoms with Crippen molar-refractivity contribution in [3.05, 3.63) is 75.5 Å². The van der Waals surface area contributed by atoms with Crippen LogP contribution >= 0.6 is 0 Å². The lowest BCUT2D eigenvalue weighted by Crippen LogP contribution is -2.33. The predicted molar refractivity (Wildman–Crippen MR) is 109 cm³/mol. The van der Waals surface area contributed by atoms with Gasteiger partial charge in [-0.25, -0.2) is 0 Å². The van der Waals surface area contributed by atoms with Crippen molar-refractivity contribution in [3.8, 4) is 5.75 Å². The molecule has 0 fully saturated rings. The van der Waals surface area contributed by atoms with Gasteiger partial charge in [0.15, 0.2) is 0 Å². The van der Waals surface area contributed by atoms with Crippen molar-refractivity contribution in [2.45, 2.75) is 19.8 Å². The molecular formula is C21H23N3O5. The normalized spacial score (nSPS) is 10.9. The zero-order chi connectivity index (χ0) is 21.2. The van der Waals surface area contributed by atoms with Crippen molar-refractivity contribution >= 4 is 23.6 Å². The summed E-state index contributed by atoms with van der Waals surface area (Å²) in [6, 6.07) is 12.4. The summed E-state index contributed by atoms with van der Waals surface area (Å²) in [5, 5.41) is 15.9.